The fourth-order valence-electron chi connectivity index (χ4n) is 3.39. The maximum atomic E-state index is 6.48. The SMILES string of the molecule is CCCNC1CC(C)(C2(C)CC2)Oc2cc(OC)ccc21. The summed E-state index contributed by atoms with van der Waals surface area (Å²) in [5.41, 5.74) is 1.50. The Morgan fingerprint density at radius 1 is 1.33 bits per heavy atom. The van der Waals surface area contributed by atoms with Crippen LogP contribution in [0.4, 0.5) is 0 Å². The average Bonchev–Trinajstić information content (AvgIpc) is 3.23. The van der Waals surface area contributed by atoms with Crippen molar-refractivity contribution in [1.82, 2.24) is 5.32 Å². The Balaban J connectivity index is 1.95. The first-order valence-electron chi connectivity index (χ1n) is 8.12. The van der Waals surface area contributed by atoms with Crippen molar-refractivity contribution in [3.8, 4) is 11.5 Å². The monoisotopic (exact) mass is 289 g/mol. The second-order valence-electron chi connectivity index (χ2n) is 7.01. The van der Waals surface area contributed by atoms with Gasteiger partial charge < -0.3 is 14.8 Å². The van der Waals surface area contributed by atoms with Crippen molar-refractivity contribution in [1.29, 1.82) is 0 Å². The highest BCUT2D eigenvalue weighted by Crippen LogP contribution is 2.59. The standard InChI is InChI=1S/C18H27NO2/c1-5-10-19-15-12-18(3,17(2)8-9-17)21-16-11-13(20-4)6-7-14(15)16/h6-7,11,15,19H,5,8-10,12H2,1-4H3. The van der Waals surface area contributed by atoms with Crippen LogP contribution in [0.3, 0.4) is 0 Å². The van der Waals surface area contributed by atoms with Crippen LogP contribution in [0.5, 0.6) is 11.5 Å². The fraction of sp³-hybridized carbons (Fsp3) is 0.667. The van der Waals surface area contributed by atoms with Crippen LogP contribution in [-0.4, -0.2) is 19.3 Å². The van der Waals surface area contributed by atoms with Crippen molar-refractivity contribution in [2.75, 3.05) is 13.7 Å². The average molecular weight is 289 g/mol. The molecule has 3 rings (SSSR count). The zero-order chi connectivity index (χ0) is 15.1. The van der Waals surface area contributed by atoms with Crippen LogP contribution in [0.1, 0.15) is 58.1 Å². The Hall–Kier alpha value is -1.22. The van der Waals surface area contributed by atoms with Gasteiger partial charge in [-0.1, -0.05) is 19.9 Å². The van der Waals surface area contributed by atoms with E-state index in [9.17, 15) is 0 Å². The van der Waals surface area contributed by atoms with Gasteiger partial charge >= 0.3 is 0 Å². The molecule has 0 bridgehead atoms. The molecule has 1 aliphatic carbocycles. The molecule has 1 heterocycles. The third-order valence-electron chi connectivity index (χ3n) is 5.44. The molecule has 1 N–H and O–H groups in total. The Kier molecular flexibility index (Phi) is 3.64. The van der Waals surface area contributed by atoms with E-state index >= 15 is 0 Å². The fourth-order valence-corrected chi connectivity index (χ4v) is 3.39. The smallest absolute Gasteiger partial charge is 0.128 e. The highest BCUT2D eigenvalue weighted by Gasteiger charge is 2.57. The van der Waals surface area contributed by atoms with Gasteiger partial charge in [-0.2, -0.15) is 0 Å². The van der Waals surface area contributed by atoms with Gasteiger partial charge in [-0.05, 0) is 38.8 Å². The maximum absolute atomic E-state index is 6.48. The molecule has 2 aliphatic rings. The molecular weight excluding hydrogens is 262 g/mol. The van der Waals surface area contributed by atoms with Crippen molar-refractivity contribution in [2.24, 2.45) is 5.41 Å². The molecule has 0 spiro atoms. The number of hydrogen-bond donors (Lipinski definition) is 1. The molecule has 0 saturated heterocycles. The quantitative estimate of drug-likeness (QED) is 0.886. The van der Waals surface area contributed by atoms with E-state index in [2.05, 4.69) is 32.2 Å². The lowest BCUT2D eigenvalue weighted by Gasteiger charge is -2.44. The normalized spacial score (nSPS) is 29.4. The summed E-state index contributed by atoms with van der Waals surface area (Å²) in [6, 6.07) is 6.60. The van der Waals surface area contributed by atoms with Gasteiger partial charge in [-0.25, -0.2) is 0 Å². The molecule has 3 heteroatoms. The lowest BCUT2D eigenvalue weighted by molar-refractivity contribution is -0.0135. The van der Waals surface area contributed by atoms with Crippen LogP contribution < -0.4 is 14.8 Å². The number of benzene rings is 1. The van der Waals surface area contributed by atoms with E-state index in [1.54, 1.807) is 7.11 Å². The van der Waals surface area contributed by atoms with Gasteiger partial charge in [0, 0.05) is 29.5 Å². The molecule has 21 heavy (non-hydrogen) atoms. The summed E-state index contributed by atoms with van der Waals surface area (Å²) >= 11 is 0. The number of ether oxygens (including phenoxy) is 2. The number of rotatable bonds is 5. The summed E-state index contributed by atoms with van der Waals surface area (Å²) in [5.74, 6) is 1.86. The highest BCUT2D eigenvalue weighted by atomic mass is 16.5. The first-order chi connectivity index (χ1) is 10.0. The number of fused-ring (bicyclic) bond motifs is 1. The molecule has 0 amide bonds. The summed E-state index contributed by atoms with van der Waals surface area (Å²) in [6.07, 6.45) is 4.73. The van der Waals surface area contributed by atoms with E-state index < -0.39 is 0 Å². The number of methoxy groups -OCH3 is 1. The molecule has 2 atom stereocenters. The second-order valence-corrected chi connectivity index (χ2v) is 7.01. The molecular formula is C18H27NO2. The predicted octanol–water partition coefficient (Wildman–Crippen LogP) is 4.08. The minimum atomic E-state index is -0.0855. The molecule has 0 radical (unpaired) electrons. The summed E-state index contributed by atoms with van der Waals surface area (Å²) in [7, 11) is 1.71. The lowest BCUT2D eigenvalue weighted by Crippen LogP contribution is -2.47. The van der Waals surface area contributed by atoms with E-state index in [0.717, 1.165) is 30.9 Å². The van der Waals surface area contributed by atoms with Crippen LogP contribution in [0, 0.1) is 5.41 Å². The van der Waals surface area contributed by atoms with Crippen molar-refractivity contribution >= 4 is 0 Å². The minimum Gasteiger partial charge on any atom is -0.497 e. The molecule has 1 aromatic rings. The van der Waals surface area contributed by atoms with Gasteiger partial charge in [-0.15, -0.1) is 0 Å². The first kappa shape index (κ1) is 14.7. The van der Waals surface area contributed by atoms with Crippen molar-refractivity contribution in [2.45, 2.75) is 58.1 Å². The van der Waals surface area contributed by atoms with Crippen LogP contribution >= 0.6 is 0 Å². The molecule has 2 unspecified atom stereocenters. The molecule has 3 nitrogen and oxygen atoms in total. The van der Waals surface area contributed by atoms with Crippen LogP contribution in [0.15, 0.2) is 18.2 Å². The minimum absolute atomic E-state index is 0.0855. The Labute approximate surface area is 128 Å². The van der Waals surface area contributed by atoms with E-state index in [-0.39, 0.29) is 5.60 Å². The Morgan fingerprint density at radius 3 is 2.71 bits per heavy atom. The van der Waals surface area contributed by atoms with Crippen LogP contribution in [0.2, 0.25) is 0 Å². The third kappa shape index (κ3) is 2.52. The summed E-state index contributed by atoms with van der Waals surface area (Å²) in [4.78, 5) is 0. The topological polar surface area (TPSA) is 30.5 Å². The van der Waals surface area contributed by atoms with Crippen molar-refractivity contribution < 1.29 is 9.47 Å². The molecule has 1 fully saturated rings. The van der Waals surface area contributed by atoms with Gasteiger partial charge in [0.15, 0.2) is 0 Å². The van der Waals surface area contributed by atoms with E-state index in [4.69, 9.17) is 9.47 Å². The summed E-state index contributed by atoms with van der Waals surface area (Å²) in [6.45, 7) is 7.89. The first-order valence-corrected chi connectivity index (χ1v) is 8.12. The molecule has 0 aromatic heterocycles. The number of nitrogens with one attached hydrogen (secondary N) is 1. The Morgan fingerprint density at radius 2 is 2.10 bits per heavy atom. The predicted molar refractivity (Wildman–Crippen MR) is 85.0 cm³/mol. The third-order valence-corrected chi connectivity index (χ3v) is 5.44. The van der Waals surface area contributed by atoms with Crippen molar-refractivity contribution in [3.63, 3.8) is 0 Å². The molecule has 116 valence electrons. The molecule has 1 aliphatic heterocycles. The summed E-state index contributed by atoms with van der Waals surface area (Å²) in [5, 5.41) is 3.70. The van der Waals surface area contributed by atoms with Gasteiger partial charge in [0.1, 0.15) is 17.1 Å². The van der Waals surface area contributed by atoms with Gasteiger partial charge in [0.25, 0.3) is 0 Å². The maximum Gasteiger partial charge on any atom is 0.128 e. The van der Waals surface area contributed by atoms with Crippen molar-refractivity contribution in [3.05, 3.63) is 23.8 Å². The van der Waals surface area contributed by atoms with E-state index in [0.29, 0.717) is 11.5 Å². The second kappa shape index (κ2) is 5.20. The molecule has 1 saturated carbocycles. The zero-order valence-corrected chi connectivity index (χ0v) is 13.7. The van der Waals surface area contributed by atoms with E-state index in [1.807, 2.05) is 12.1 Å². The number of hydrogen-bond acceptors (Lipinski definition) is 3. The highest BCUT2D eigenvalue weighted by molar-refractivity contribution is 5.45. The van der Waals surface area contributed by atoms with Crippen LogP contribution in [0.25, 0.3) is 0 Å². The lowest BCUT2D eigenvalue weighted by atomic mass is 9.78. The van der Waals surface area contributed by atoms with Gasteiger partial charge in [-0.3, -0.25) is 0 Å². The van der Waals surface area contributed by atoms with Gasteiger partial charge in [0.2, 0.25) is 0 Å². The molecule has 1 aromatic carbocycles. The zero-order valence-electron chi connectivity index (χ0n) is 13.7. The largest absolute Gasteiger partial charge is 0.497 e. The summed E-state index contributed by atoms with van der Waals surface area (Å²) < 4.78 is 11.8. The van der Waals surface area contributed by atoms with Gasteiger partial charge in [0.05, 0.1) is 7.11 Å². The Bertz CT molecular complexity index is 524. The van der Waals surface area contributed by atoms with Crippen LogP contribution in [-0.2, 0) is 0 Å². The van der Waals surface area contributed by atoms with E-state index in [1.165, 1.54) is 18.4 Å².